The summed E-state index contributed by atoms with van der Waals surface area (Å²) < 4.78 is 33.3. The maximum atomic E-state index is 14.0. The van der Waals surface area contributed by atoms with E-state index in [1.54, 1.807) is 0 Å². The Hall–Kier alpha value is -5.86. The van der Waals surface area contributed by atoms with E-state index in [-0.39, 0.29) is 23.8 Å². The molecule has 4 heterocycles. The number of nitrogens with zero attached hydrogens (tertiary/aromatic N) is 3. The van der Waals surface area contributed by atoms with Gasteiger partial charge in [-0.05, 0) is 90.9 Å². The second-order valence-corrected chi connectivity index (χ2v) is 14.7. The number of hydrogen-bond acceptors (Lipinski definition) is 9. The number of hydrogen-bond donors (Lipinski definition) is 5. The Labute approximate surface area is 323 Å². The van der Waals surface area contributed by atoms with E-state index in [4.69, 9.17) is 4.74 Å². The number of carbonyl (C=O) groups is 3. The van der Waals surface area contributed by atoms with Crippen LogP contribution >= 0.6 is 0 Å². The van der Waals surface area contributed by atoms with Crippen LogP contribution in [-0.2, 0) is 27.3 Å². The Morgan fingerprint density at radius 2 is 1.62 bits per heavy atom. The van der Waals surface area contributed by atoms with E-state index < -0.39 is 17.7 Å². The molecule has 0 bridgehead atoms. The van der Waals surface area contributed by atoms with E-state index in [1.165, 1.54) is 12.1 Å². The molecule has 5 aromatic rings. The van der Waals surface area contributed by atoms with E-state index in [0.29, 0.717) is 61.4 Å². The summed E-state index contributed by atoms with van der Waals surface area (Å²) in [6, 6.07) is 22.6. The maximum absolute atomic E-state index is 14.0. The molecule has 3 amide bonds. The number of halogens is 2. The summed E-state index contributed by atoms with van der Waals surface area (Å²) in [6.45, 7) is 5.23. The van der Waals surface area contributed by atoms with Gasteiger partial charge in [-0.3, -0.25) is 29.7 Å². The van der Waals surface area contributed by atoms with Gasteiger partial charge in [0, 0.05) is 86.9 Å². The highest BCUT2D eigenvalue weighted by Crippen LogP contribution is 2.30. The summed E-state index contributed by atoms with van der Waals surface area (Å²) in [4.78, 5) is 42.7. The number of nitrogens with one attached hydrogen (secondary N) is 5. The number of benzene rings is 4. The van der Waals surface area contributed by atoms with Gasteiger partial charge in [0.2, 0.25) is 11.8 Å². The summed E-state index contributed by atoms with van der Waals surface area (Å²) in [5.74, 6) is -1.73. The Kier molecular flexibility index (Phi) is 10.9. The first kappa shape index (κ1) is 37.1. The predicted molar refractivity (Wildman–Crippen MR) is 211 cm³/mol. The Morgan fingerprint density at radius 1 is 0.839 bits per heavy atom. The second kappa shape index (κ2) is 16.5. The molecule has 0 aliphatic carbocycles. The number of fused-ring (bicyclic) bond motifs is 1. The van der Waals surface area contributed by atoms with Gasteiger partial charge >= 0.3 is 0 Å². The van der Waals surface area contributed by atoms with Crippen LogP contribution in [0.4, 0.5) is 31.7 Å². The highest BCUT2D eigenvalue weighted by Gasteiger charge is 2.28. The first-order valence-corrected chi connectivity index (χ1v) is 19.1. The molecule has 1 atom stereocenters. The summed E-state index contributed by atoms with van der Waals surface area (Å²) in [5, 5.41) is 20.5. The topological polar surface area (TPSA) is 144 Å². The van der Waals surface area contributed by atoms with E-state index in [0.717, 1.165) is 78.8 Å². The number of amides is 3. The molecule has 1 aromatic heterocycles. The van der Waals surface area contributed by atoms with Crippen LogP contribution in [0.15, 0.2) is 78.9 Å². The van der Waals surface area contributed by atoms with Gasteiger partial charge in [-0.1, -0.05) is 24.3 Å². The van der Waals surface area contributed by atoms with E-state index in [1.807, 2.05) is 48.5 Å². The number of anilines is 4. The molecule has 8 rings (SSSR count). The zero-order chi connectivity index (χ0) is 38.6. The normalized spacial score (nSPS) is 18.2. The molecule has 3 aliphatic heterocycles. The van der Waals surface area contributed by atoms with Gasteiger partial charge in [-0.2, -0.15) is 5.10 Å². The molecular formula is C42H44F2N8O4. The van der Waals surface area contributed by atoms with Crippen molar-refractivity contribution in [2.24, 2.45) is 0 Å². The quantitative estimate of drug-likeness (QED) is 0.105. The number of carbonyl (C=O) groups excluding carboxylic acids is 3. The van der Waals surface area contributed by atoms with Crippen LogP contribution in [-0.4, -0.2) is 84.3 Å². The van der Waals surface area contributed by atoms with Crippen molar-refractivity contribution in [3.05, 3.63) is 113 Å². The molecule has 3 fully saturated rings. The third kappa shape index (κ3) is 8.66. The lowest BCUT2D eigenvalue weighted by molar-refractivity contribution is -0.133. The number of aromatic nitrogens is 2. The first-order chi connectivity index (χ1) is 27.2. The molecule has 5 N–H and O–H groups in total. The van der Waals surface area contributed by atoms with E-state index in [9.17, 15) is 23.2 Å². The fraction of sp³-hybridized carbons (Fsp3) is 0.333. The summed E-state index contributed by atoms with van der Waals surface area (Å²) in [5.41, 5.74) is 6.26. The van der Waals surface area contributed by atoms with Gasteiger partial charge in [-0.25, -0.2) is 8.78 Å². The molecule has 3 aliphatic rings. The molecule has 0 spiro atoms. The van der Waals surface area contributed by atoms with Gasteiger partial charge in [0.15, 0.2) is 5.82 Å². The lowest BCUT2D eigenvalue weighted by Gasteiger charge is -2.37. The van der Waals surface area contributed by atoms with Crippen molar-refractivity contribution in [3.8, 4) is 0 Å². The molecular weight excluding hydrogens is 719 g/mol. The van der Waals surface area contributed by atoms with Crippen LogP contribution in [0.2, 0.25) is 0 Å². The summed E-state index contributed by atoms with van der Waals surface area (Å²) >= 11 is 0. The lowest BCUT2D eigenvalue weighted by Crippen LogP contribution is -2.48. The SMILES string of the molecule is O=C1CCC(Nc2ccccc2CN2CCN(c3ccc(C(=O)Nc4n[nH]c5ccc(Cc6cc(F)cc(F)c6)cc45)c(NC4CCOCC4)c3)CC2)C(=O)N1. The van der Waals surface area contributed by atoms with Crippen molar-refractivity contribution < 1.29 is 27.9 Å². The molecule has 0 saturated carbocycles. The van der Waals surface area contributed by atoms with Crippen molar-refractivity contribution >= 4 is 51.5 Å². The molecule has 14 heteroatoms. The van der Waals surface area contributed by atoms with Crippen LogP contribution in [0.1, 0.15) is 52.7 Å². The minimum absolute atomic E-state index is 0.151. The highest BCUT2D eigenvalue weighted by molar-refractivity contribution is 6.11. The fourth-order valence-electron chi connectivity index (χ4n) is 7.72. The number of rotatable bonds is 11. The zero-order valence-electron chi connectivity index (χ0n) is 30.9. The first-order valence-electron chi connectivity index (χ1n) is 19.1. The largest absolute Gasteiger partial charge is 0.381 e. The summed E-state index contributed by atoms with van der Waals surface area (Å²) in [6.07, 6.45) is 2.75. The Morgan fingerprint density at radius 3 is 2.41 bits per heavy atom. The zero-order valence-corrected chi connectivity index (χ0v) is 30.9. The average Bonchev–Trinajstić information content (AvgIpc) is 3.58. The molecule has 4 aromatic carbocycles. The number of aromatic amines is 1. The fourth-order valence-corrected chi connectivity index (χ4v) is 7.72. The number of piperidine rings is 1. The van der Waals surface area contributed by atoms with Crippen LogP contribution in [0.5, 0.6) is 0 Å². The monoisotopic (exact) mass is 762 g/mol. The average molecular weight is 763 g/mol. The van der Waals surface area contributed by atoms with Gasteiger partial charge in [-0.15, -0.1) is 0 Å². The third-order valence-electron chi connectivity index (χ3n) is 10.7. The standard InChI is InChI=1S/C42H44F2N8O4/c43-29-20-27(21-30(44)23-29)19-26-5-8-36-34(22-26)40(50-49-36)48-41(54)33-7-6-32(24-38(33)45-31-11-17-56-18-12-31)52-15-13-51(14-16-52)25-28-3-1-2-4-35(28)46-37-9-10-39(53)47-42(37)55/h1-8,20-24,31,37,45-46H,9-19,25H2,(H,47,53,55)(H2,48,49,50,54). The number of para-hydroxylation sites is 1. The van der Waals surface area contributed by atoms with Crippen molar-refractivity contribution in [1.29, 1.82) is 0 Å². The van der Waals surface area contributed by atoms with Crippen LogP contribution in [0, 0.1) is 11.6 Å². The molecule has 3 saturated heterocycles. The lowest BCUT2D eigenvalue weighted by atomic mass is 10.0. The number of ether oxygens (including phenoxy) is 1. The number of H-pyrrole nitrogens is 1. The van der Waals surface area contributed by atoms with E-state index in [2.05, 4.69) is 53.4 Å². The maximum Gasteiger partial charge on any atom is 0.258 e. The molecule has 0 radical (unpaired) electrons. The van der Waals surface area contributed by atoms with Crippen molar-refractivity contribution in [2.75, 3.05) is 60.2 Å². The van der Waals surface area contributed by atoms with Gasteiger partial charge in [0.25, 0.3) is 5.91 Å². The predicted octanol–water partition coefficient (Wildman–Crippen LogP) is 5.81. The van der Waals surface area contributed by atoms with Crippen LogP contribution in [0.3, 0.4) is 0 Å². The molecule has 290 valence electrons. The van der Waals surface area contributed by atoms with Crippen molar-refractivity contribution in [1.82, 2.24) is 20.4 Å². The Balaban J connectivity index is 0.957. The second-order valence-electron chi connectivity index (χ2n) is 14.7. The van der Waals surface area contributed by atoms with Crippen molar-refractivity contribution in [3.63, 3.8) is 0 Å². The Bertz CT molecular complexity index is 2230. The third-order valence-corrected chi connectivity index (χ3v) is 10.7. The smallest absolute Gasteiger partial charge is 0.258 e. The van der Waals surface area contributed by atoms with Gasteiger partial charge < -0.3 is 25.6 Å². The molecule has 1 unspecified atom stereocenters. The van der Waals surface area contributed by atoms with Gasteiger partial charge in [0.1, 0.15) is 17.7 Å². The van der Waals surface area contributed by atoms with Crippen LogP contribution < -0.4 is 26.2 Å². The van der Waals surface area contributed by atoms with Crippen LogP contribution in [0.25, 0.3) is 10.9 Å². The molecule has 12 nitrogen and oxygen atoms in total. The summed E-state index contributed by atoms with van der Waals surface area (Å²) in [7, 11) is 0. The highest BCUT2D eigenvalue weighted by atomic mass is 19.1. The van der Waals surface area contributed by atoms with Crippen molar-refractivity contribution in [2.45, 2.75) is 50.7 Å². The minimum Gasteiger partial charge on any atom is -0.381 e. The van der Waals surface area contributed by atoms with E-state index >= 15 is 0 Å². The molecule has 56 heavy (non-hydrogen) atoms. The minimum atomic E-state index is -0.629. The number of imide groups is 1. The van der Waals surface area contributed by atoms with Gasteiger partial charge in [0.05, 0.1) is 11.1 Å². The number of piperazine rings is 1.